The van der Waals surface area contributed by atoms with Crippen molar-refractivity contribution in [2.45, 2.75) is 17.7 Å². The predicted molar refractivity (Wildman–Crippen MR) is 106 cm³/mol. The number of hydrogen-bond acceptors (Lipinski definition) is 6. The third-order valence-electron chi connectivity index (χ3n) is 3.93. The fraction of sp³-hybridized carbons (Fsp3) is 0.375. The van der Waals surface area contributed by atoms with E-state index < -0.39 is 10.0 Å². The molecule has 1 aromatic heterocycles. The van der Waals surface area contributed by atoms with Crippen molar-refractivity contribution in [2.75, 3.05) is 36.4 Å². The molecule has 1 aromatic carbocycles. The highest BCUT2D eigenvalue weighted by Crippen LogP contribution is 2.19. The molecule has 0 saturated carbocycles. The van der Waals surface area contributed by atoms with Gasteiger partial charge in [0.1, 0.15) is 18.0 Å². The molecule has 9 heteroatoms. The van der Waals surface area contributed by atoms with Crippen LogP contribution in [0, 0.1) is 3.57 Å². The highest BCUT2D eigenvalue weighted by Gasteiger charge is 2.15. The van der Waals surface area contributed by atoms with Crippen LogP contribution in [0.5, 0.6) is 0 Å². The smallest absolute Gasteiger partial charge is 0.240 e. The van der Waals surface area contributed by atoms with Crippen LogP contribution in [0.15, 0.2) is 41.6 Å². The van der Waals surface area contributed by atoms with E-state index in [2.05, 4.69) is 47.5 Å². The van der Waals surface area contributed by atoms with E-state index in [9.17, 15) is 8.42 Å². The average Bonchev–Trinajstić information content (AvgIpc) is 3.14. The van der Waals surface area contributed by atoms with Crippen LogP contribution >= 0.6 is 22.6 Å². The number of benzene rings is 1. The van der Waals surface area contributed by atoms with Crippen molar-refractivity contribution in [3.8, 4) is 0 Å². The average molecular weight is 473 g/mol. The van der Waals surface area contributed by atoms with Gasteiger partial charge < -0.3 is 10.2 Å². The largest absolute Gasteiger partial charge is 0.369 e. The van der Waals surface area contributed by atoms with Gasteiger partial charge in [-0.25, -0.2) is 23.1 Å². The Kier molecular flexibility index (Phi) is 6.07. The van der Waals surface area contributed by atoms with Crippen LogP contribution in [0.3, 0.4) is 0 Å². The van der Waals surface area contributed by atoms with E-state index >= 15 is 0 Å². The van der Waals surface area contributed by atoms with Gasteiger partial charge in [0, 0.05) is 35.8 Å². The van der Waals surface area contributed by atoms with Crippen LogP contribution in [0.25, 0.3) is 0 Å². The monoisotopic (exact) mass is 473 g/mol. The molecule has 0 spiro atoms. The lowest BCUT2D eigenvalue weighted by Gasteiger charge is -2.16. The number of halogens is 1. The normalized spacial score (nSPS) is 14.7. The van der Waals surface area contributed by atoms with Gasteiger partial charge in [0.05, 0.1) is 4.90 Å². The predicted octanol–water partition coefficient (Wildman–Crippen LogP) is 2.07. The lowest BCUT2D eigenvalue weighted by Crippen LogP contribution is -2.29. The Balaban J connectivity index is 1.51. The number of rotatable bonds is 7. The molecule has 0 bridgehead atoms. The van der Waals surface area contributed by atoms with Gasteiger partial charge in [0.25, 0.3) is 0 Å². The second-order valence-corrected chi connectivity index (χ2v) is 8.75. The Labute approximate surface area is 161 Å². The van der Waals surface area contributed by atoms with Crippen LogP contribution in [-0.2, 0) is 10.0 Å². The molecule has 134 valence electrons. The standard InChI is InChI=1S/C16H20IN5O2S/c17-13-3-5-14(6-4-13)25(23,24)21-8-7-18-15-11-16(20-12-19-15)22-9-1-2-10-22/h3-6,11-12,21H,1-2,7-10H2,(H,18,19,20). The molecule has 2 aromatic rings. The van der Waals surface area contributed by atoms with Crippen molar-refractivity contribution in [3.63, 3.8) is 0 Å². The molecule has 1 aliphatic rings. The Hall–Kier alpha value is -1.46. The van der Waals surface area contributed by atoms with Crippen LogP contribution in [0.2, 0.25) is 0 Å². The Morgan fingerprint density at radius 1 is 1.08 bits per heavy atom. The topological polar surface area (TPSA) is 87.2 Å². The summed E-state index contributed by atoms with van der Waals surface area (Å²) in [6.45, 7) is 2.76. The van der Waals surface area contributed by atoms with Crippen LogP contribution in [0.1, 0.15) is 12.8 Å². The summed E-state index contributed by atoms with van der Waals surface area (Å²) in [7, 11) is -3.49. The maximum absolute atomic E-state index is 12.2. The molecule has 3 rings (SSSR count). The summed E-state index contributed by atoms with van der Waals surface area (Å²) in [5.74, 6) is 1.61. The third-order valence-corrected chi connectivity index (χ3v) is 6.13. The van der Waals surface area contributed by atoms with Crippen LogP contribution in [-0.4, -0.2) is 44.6 Å². The SMILES string of the molecule is O=S(=O)(NCCNc1cc(N2CCCC2)ncn1)c1ccc(I)cc1. The molecule has 1 saturated heterocycles. The minimum absolute atomic E-state index is 0.270. The Bertz CT molecular complexity index is 808. The second-order valence-electron chi connectivity index (χ2n) is 5.73. The molecule has 0 atom stereocenters. The van der Waals surface area contributed by atoms with Crippen molar-refractivity contribution < 1.29 is 8.42 Å². The zero-order chi connectivity index (χ0) is 17.7. The molecule has 1 fully saturated rings. The summed E-state index contributed by atoms with van der Waals surface area (Å²) in [6.07, 6.45) is 3.91. The molecule has 2 N–H and O–H groups in total. The number of anilines is 2. The molecule has 0 aliphatic carbocycles. The molecule has 0 radical (unpaired) electrons. The van der Waals surface area contributed by atoms with Gasteiger partial charge in [0.2, 0.25) is 10.0 Å². The van der Waals surface area contributed by atoms with Crippen molar-refractivity contribution in [1.29, 1.82) is 0 Å². The van der Waals surface area contributed by atoms with E-state index in [0.717, 1.165) is 22.5 Å². The van der Waals surface area contributed by atoms with Crippen molar-refractivity contribution in [1.82, 2.24) is 14.7 Å². The first kappa shape index (κ1) is 18.3. The molecule has 25 heavy (non-hydrogen) atoms. The fourth-order valence-electron chi connectivity index (χ4n) is 2.64. The van der Waals surface area contributed by atoms with Gasteiger partial charge in [-0.05, 0) is 59.7 Å². The molecule has 2 heterocycles. The molecular weight excluding hydrogens is 453 g/mol. The van der Waals surface area contributed by atoms with Gasteiger partial charge in [-0.3, -0.25) is 0 Å². The van der Waals surface area contributed by atoms with Crippen molar-refractivity contribution >= 4 is 44.2 Å². The van der Waals surface area contributed by atoms with Crippen molar-refractivity contribution in [3.05, 3.63) is 40.2 Å². The maximum Gasteiger partial charge on any atom is 0.240 e. The number of nitrogens with zero attached hydrogens (tertiary/aromatic N) is 3. The molecule has 0 unspecified atom stereocenters. The highest BCUT2D eigenvalue weighted by atomic mass is 127. The summed E-state index contributed by atoms with van der Waals surface area (Å²) >= 11 is 2.14. The summed E-state index contributed by atoms with van der Waals surface area (Å²) < 4.78 is 28.0. The first-order valence-corrected chi connectivity index (χ1v) is 10.7. The summed E-state index contributed by atoms with van der Waals surface area (Å²) in [5.41, 5.74) is 0. The number of hydrogen-bond donors (Lipinski definition) is 2. The van der Waals surface area contributed by atoms with Gasteiger partial charge in [-0.2, -0.15) is 0 Å². The summed E-state index contributed by atoms with van der Waals surface area (Å²) in [6, 6.07) is 8.65. The number of nitrogens with one attached hydrogen (secondary N) is 2. The van der Waals surface area contributed by atoms with Gasteiger partial charge in [-0.1, -0.05) is 0 Å². The zero-order valence-corrected chi connectivity index (χ0v) is 16.6. The van der Waals surface area contributed by atoms with Crippen molar-refractivity contribution in [2.24, 2.45) is 0 Å². The van der Waals surface area contributed by atoms with Gasteiger partial charge >= 0.3 is 0 Å². The van der Waals surface area contributed by atoms with E-state index in [1.54, 1.807) is 24.3 Å². The first-order chi connectivity index (χ1) is 12.0. The minimum atomic E-state index is -3.49. The van der Waals surface area contributed by atoms with Gasteiger partial charge in [0.15, 0.2) is 0 Å². The molecular formula is C16H20IN5O2S. The van der Waals surface area contributed by atoms with E-state index in [1.807, 2.05) is 6.07 Å². The van der Waals surface area contributed by atoms with Crippen LogP contribution < -0.4 is 14.9 Å². The van der Waals surface area contributed by atoms with E-state index in [-0.39, 0.29) is 11.4 Å². The molecule has 0 amide bonds. The highest BCUT2D eigenvalue weighted by molar-refractivity contribution is 14.1. The summed E-state index contributed by atoms with van der Waals surface area (Å²) in [4.78, 5) is 11.0. The first-order valence-electron chi connectivity index (χ1n) is 8.11. The Morgan fingerprint density at radius 3 is 2.52 bits per heavy atom. The fourth-order valence-corrected chi connectivity index (χ4v) is 4.03. The lowest BCUT2D eigenvalue weighted by molar-refractivity contribution is 0.583. The minimum Gasteiger partial charge on any atom is -0.369 e. The number of aromatic nitrogens is 2. The van der Waals surface area contributed by atoms with E-state index in [0.29, 0.717) is 12.4 Å². The lowest BCUT2D eigenvalue weighted by atomic mass is 10.4. The van der Waals surface area contributed by atoms with Crippen LogP contribution in [0.4, 0.5) is 11.6 Å². The zero-order valence-electron chi connectivity index (χ0n) is 13.7. The molecule has 7 nitrogen and oxygen atoms in total. The van der Waals surface area contributed by atoms with E-state index in [4.69, 9.17) is 0 Å². The van der Waals surface area contributed by atoms with Gasteiger partial charge in [-0.15, -0.1) is 0 Å². The van der Waals surface area contributed by atoms with E-state index in [1.165, 1.54) is 19.2 Å². The third kappa shape index (κ3) is 5.02. The molecule has 1 aliphatic heterocycles. The maximum atomic E-state index is 12.2. The summed E-state index contributed by atoms with van der Waals surface area (Å²) in [5, 5.41) is 3.14. The second kappa shape index (κ2) is 8.28. The Morgan fingerprint density at radius 2 is 1.80 bits per heavy atom. The number of sulfonamides is 1. The quantitative estimate of drug-likeness (QED) is 0.473.